The number of hydroxylamine groups is 3. The van der Waals surface area contributed by atoms with Crippen molar-refractivity contribution in [2.24, 2.45) is 0 Å². The van der Waals surface area contributed by atoms with Gasteiger partial charge in [-0.2, -0.15) is 14.6 Å². The predicted molar refractivity (Wildman–Crippen MR) is 147 cm³/mol. The van der Waals surface area contributed by atoms with E-state index in [0.717, 1.165) is 0 Å². The van der Waals surface area contributed by atoms with Gasteiger partial charge >= 0.3 is 20.0 Å². The largest absolute Gasteiger partial charge is 0.394 e. The van der Waals surface area contributed by atoms with Crippen molar-refractivity contribution >= 4 is 20.2 Å². The van der Waals surface area contributed by atoms with E-state index in [1.807, 2.05) is 20.8 Å². The molecule has 2 aromatic heterocycles. The minimum atomic E-state index is -2.05. The third-order valence-corrected chi connectivity index (χ3v) is 8.71. The van der Waals surface area contributed by atoms with E-state index in [1.165, 1.54) is 33.7 Å². The number of hydrogen-bond donors (Lipinski definition) is 4. The molecular formula is C24H39N7O9P+. The van der Waals surface area contributed by atoms with Crippen molar-refractivity contribution in [2.75, 3.05) is 44.3 Å². The molecule has 6 N–H and O–H groups in total. The molecule has 2 saturated heterocycles. The normalized spacial score (nSPS) is 27.3. The van der Waals surface area contributed by atoms with Gasteiger partial charge in [0.1, 0.15) is 55.9 Å². The molecule has 228 valence electrons. The molecular weight excluding hydrogens is 561 g/mol. The molecule has 1 unspecified atom stereocenters. The summed E-state index contributed by atoms with van der Waals surface area (Å²) in [5, 5.41) is 20.7. The number of nitrogens with two attached hydrogens (primary N) is 2. The Morgan fingerprint density at radius 1 is 0.976 bits per heavy atom. The Labute approximate surface area is 237 Å². The van der Waals surface area contributed by atoms with Gasteiger partial charge in [-0.3, -0.25) is 9.13 Å². The Morgan fingerprint density at radius 2 is 1.51 bits per heavy atom. The molecule has 4 rings (SSSR count). The third-order valence-electron chi connectivity index (χ3n) is 7.42. The number of aliphatic hydroxyl groups is 2. The van der Waals surface area contributed by atoms with E-state index in [-0.39, 0.29) is 42.3 Å². The summed E-state index contributed by atoms with van der Waals surface area (Å²) in [6.45, 7) is 7.40. The van der Waals surface area contributed by atoms with E-state index in [0.29, 0.717) is 19.6 Å². The summed E-state index contributed by atoms with van der Waals surface area (Å²) in [6, 6.07) is 2.96. The van der Waals surface area contributed by atoms with Crippen LogP contribution in [0, 0.1) is 0 Å². The first-order valence-electron chi connectivity index (χ1n) is 13.6. The first-order chi connectivity index (χ1) is 19.6. The van der Waals surface area contributed by atoms with Crippen molar-refractivity contribution in [1.29, 1.82) is 0 Å². The highest BCUT2D eigenvalue weighted by molar-refractivity contribution is 7.41. The number of ether oxygens (including phenoxy) is 2. The van der Waals surface area contributed by atoms with Crippen LogP contribution in [0.3, 0.4) is 0 Å². The van der Waals surface area contributed by atoms with Crippen molar-refractivity contribution in [3.8, 4) is 0 Å². The van der Waals surface area contributed by atoms with E-state index >= 15 is 0 Å². The minimum Gasteiger partial charge on any atom is -0.394 e. The van der Waals surface area contributed by atoms with Crippen LogP contribution in [-0.4, -0.2) is 91.2 Å². The van der Waals surface area contributed by atoms with Gasteiger partial charge in [-0.15, -0.1) is 4.62 Å². The fraction of sp³-hybridized carbons (Fsp3) is 0.667. The van der Waals surface area contributed by atoms with Crippen LogP contribution in [-0.2, 0) is 23.1 Å². The molecule has 0 radical (unpaired) electrons. The van der Waals surface area contributed by atoms with Gasteiger partial charge in [0.05, 0.1) is 25.4 Å². The fourth-order valence-corrected chi connectivity index (χ4v) is 6.26. The van der Waals surface area contributed by atoms with Gasteiger partial charge < -0.3 is 40.2 Å². The third kappa shape index (κ3) is 7.28. The van der Waals surface area contributed by atoms with E-state index in [4.69, 9.17) is 34.6 Å². The van der Waals surface area contributed by atoms with Gasteiger partial charge in [-0.25, -0.2) is 9.59 Å². The van der Waals surface area contributed by atoms with Crippen LogP contribution >= 0.6 is 8.60 Å². The molecule has 17 heteroatoms. The van der Waals surface area contributed by atoms with Crippen LogP contribution in [0.1, 0.15) is 46.1 Å². The Bertz CT molecular complexity index is 1270. The molecule has 0 amide bonds. The summed E-state index contributed by atoms with van der Waals surface area (Å²) >= 11 is 0. The first-order valence-corrected chi connectivity index (χ1v) is 14.7. The van der Waals surface area contributed by atoms with Crippen LogP contribution in [0.5, 0.6) is 0 Å². The number of aromatic nitrogens is 4. The quantitative estimate of drug-likeness (QED) is 0.136. The zero-order chi connectivity index (χ0) is 29.7. The number of aliphatic hydroxyl groups excluding tert-OH is 2. The van der Waals surface area contributed by atoms with E-state index < -0.39 is 56.9 Å². The number of nitrogens with zero attached hydrogens (tertiary/aromatic N) is 5. The number of quaternary nitrogens is 1. The number of nitrogen functional groups attached to an aromatic ring is 2. The molecule has 16 nitrogen and oxygen atoms in total. The molecule has 2 aliphatic rings. The highest BCUT2D eigenvalue weighted by atomic mass is 31.2. The minimum absolute atomic E-state index is 0.0879. The fourth-order valence-electron chi connectivity index (χ4n) is 4.78. The molecule has 0 bridgehead atoms. The summed E-state index contributed by atoms with van der Waals surface area (Å²) in [4.78, 5) is 32.1. The second-order valence-corrected chi connectivity index (χ2v) is 10.9. The van der Waals surface area contributed by atoms with E-state index in [2.05, 4.69) is 9.97 Å². The molecule has 0 spiro atoms. The maximum atomic E-state index is 12.4. The topological polar surface area (TPSA) is 208 Å². The standard InChI is InChI=1S/C24H38N7O9P/c1-4-31(5-2,6-3)40-41(36-14-18-15(33)11-21(38-18)29-9-7-19(25)27-23(29)34)39-16-12-22(37-17(16)13-32)30-10-8-20(26)28-24(30)35/h7-10,15-18,21-22,32-33H,4-6,11-14H2,1-3H3,(H3-,25,26,27,28,34,35)/p+1/t15-,16-,17+,18+,21+,22+,41?/m0/s1. The van der Waals surface area contributed by atoms with E-state index in [1.54, 1.807) is 0 Å². The highest BCUT2D eigenvalue weighted by Gasteiger charge is 2.43. The van der Waals surface area contributed by atoms with Gasteiger partial charge in [0.25, 0.3) is 0 Å². The Hall–Kier alpha value is -2.53. The number of rotatable bonds is 13. The molecule has 2 aromatic rings. The molecule has 41 heavy (non-hydrogen) atoms. The lowest BCUT2D eigenvalue weighted by molar-refractivity contribution is -1.08. The van der Waals surface area contributed by atoms with Crippen LogP contribution in [0.2, 0.25) is 0 Å². The predicted octanol–water partition coefficient (Wildman–Crippen LogP) is 0.0296. The van der Waals surface area contributed by atoms with Crippen LogP contribution < -0.4 is 22.8 Å². The van der Waals surface area contributed by atoms with Crippen LogP contribution in [0.4, 0.5) is 11.6 Å². The molecule has 4 heterocycles. The average Bonchev–Trinajstić information content (AvgIpc) is 3.52. The van der Waals surface area contributed by atoms with Crippen molar-refractivity contribution in [2.45, 2.75) is 70.5 Å². The molecule has 2 fully saturated rings. The smallest absolute Gasteiger partial charge is 0.392 e. The molecule has 7 atom stereocenters. The summed E-state index contributed by atoms with van der Waals surface area (Å²) in [7, 11) is -2.05. The number of hydrogen-bond acceptors (Lipinski definition) is 13. The Kier molecular flexibility index (Phi) is 10.4. The van der Waals surface area contributed by atoms with Crippen LogP contribution in [0.25, 0.3) is 0 Å². The molecule has 0 saturated carbocycles. The number of anilines is 2. The van der Waals surface area contributed by atoms with Crippen LogP contribution in [0.15, 0.2) is 34.1 Å². The van der Waals surface area contributed by atoms with Crippen molar-refractivity contribution < 1.29 is 38.0 Å². The maximum absolute atomic E-state index is 12.4. The molecule has 0 aromatic carbocycles. The zero-order valence-electron chi connectivity index (χ0n) is 23.3. The summed E-state index contributed by atoms with van der Waals surface area (Å²) in [5.41, 5.74) is 10.0. The highest BCUT2D eigenvalue weighted by Crippen LogP contribution is 2.48. The monoisotopic (exact) mass is 600 g/mol. The summed E-state index contributed by atoms with van der Waals surface area (Å²) in [6.07, 6.45) is -1.36. The lowest BCUT2D eigenvalue weighted by Gasteiger charge is -2.35. The van der Waals surface area contributed by atoms with Crippen molar-refractivity contribution in [1.82, 2.24) is 19.1 Å². The molecule has 0 aliphatic carbocycles. The van der Waals surface area contributed by atoms with E-state index in [9.17, 15) is 19.8 Å². The zero-order valence-corrected chi connectivity index (χ0v) is 24.2. The van der Waals surface area contributed by atoms with Gasteiger partial charge in [-0.05, 0) is 32.9 Å². The summed E-state index contributed by atoms with van der Waals surface area (Å²) in [5.74, 6) is 0.177. The maximum Gasteiger partial charge on any atom is 0.392 e. The Balaban J connectivity index is 1.48. The Morgan fingerprint density at radius 3 is 2.02 bits per heavy atom. The first kappa shape index (κ1) is 31.4. The molecule has 2 aliphatic heterocycles. The van der Waals surface area contributed by atoms with Gasteiger partial charge in [0, 0.05) is 25.2 Å². The second kappa shape index (κ2) is 13.6. The second-order valence-electron chi connectivity index (χ2n) is 9.82. The van der Waals surface area contributed by atoms with Crippen molar-refractivity contribution in [3.63, 3.8) is 0 Å². The van der Waals surface area contributed by atoms with Gasteiger partial charge in [0.15, 0.2) is 0 Å². The van der Waals surface area contributed by atoms with Gasteiger partial charge in [0.2, 0.25) is 0 Å². The summed E-state index contributed by atoms with van der Waals surface area (Å²) < 4.78 is 33.3. The van der Waals surface area contributed by atoms with Crippen molar-refractivity contribution in [3.05, 3.63) is 45.5 Å². The lowest BCUT2D eigenvalue weighted by atomic mass is 10.2. The average molecular weight is 601 g/mol. The SMILES string of the molecule is CC[N+](CC)(CC)OP(OC[C@H]1O[C@@H](n2ccc(N)nc2=O)C[C@@H]1O)O[C@H]1C[C@H](n2ccc(N)nc2=O)O[C@@H]1CO. The van der Waals surface area contributed by atoms with Gasteiger partial charge in [-0.1, -0.05) is 0 Å². The lowest BCUT2D eigenvalue weighted by Crippen LogP contribution is -2.46.